The predicted molar refractivity (Wildman–Crippen MR) is 63.8 cm³/mol. The molecule has 1 aliphatic rings. The largest absolute Gasteiger partial charge is 0.368 e. The lowest BCUT2D eigenvalue weighted by molar-refractivity contribution is 0.0415. The third kappa shape index (κ3) is 2.67. The van der Waals surface area contributed by atoms with Crippen molar-refractivity contribution in [2.24, 2.45) is 0 Å². The molecule has 0 aliphatic carbocycles. The van der Waals surface area contributed by atoms with Gasteiger partial charge >= 0.3 is 6.55 Å². The normalized spacial score (nSPS) is 19.9. The number of hydrogen-bond acceptors (Lipinski definition) is 5. The number of aliphatic hydroxyl groups excluding tert-OH is 1. The number of allylic oxidation sites excluding steroid dienone is 2. The van der Waals surface area contributed by atoms with E-state index < -0.39 is 12.8 Å². The summed E-state index contributed by atoms with van der Waals surface area (Å²) in [6.07, 6.45) is 3.58. The van der Waals surface area contributed by atoms with Crippen molar-refractivity contribution in [3.8, 4) is 0 Å². The highest BCUT2D eigenvalue weighted by Gasteiger charge is 2.20. The SMILES string of the molecule is CN1C=C(Br)C=C(Nc2cnn(C(F)F)n2)C1O. The Bertz CT molecular complexity index is 501. The van der Waals surface area contributed by atoms with Gasteiger partial charge in [0, 0.05) is 17.7 Å². The van der Waals surface area contributed by atoms with Crippen LogP contribution in [0, 0.1) is 0 Å². The Morgan fingerprint density at radius 2 is 2.28 bits per heavy atom. The molecule has 9 heteroatoms. The highest BCUT2D eigenvalue weighted by Crippen LogP contribution is 2.22. The van der Waals surface area contributed by atoms with Gasteiger partial charge in [0.15, 0.2) is 12.0 Å². The van der Waals surface area contributed by atoms with Gasteiger partial charge in [-0.25, -0.2) is 0 Å². The molecule has 0 amide bonds. The maximum atomic E-state index is 12.3. The van der Waals surface area contributed by atoms with Gasteiger partial charge in [-0.3, -0.25) is 0 Å². The van der Waals surface area contributed by atoms with Gasteiger partial charge in [0.25, 0.3) is 0 Å². The first kappa shape index (κ1) is 13.0. The molecule has 1 aliphatic heterocycles. The van der Waals surface area contributed by atoms with Crippen molar-refractivity contribution in [1.29, 1.82) is 0 Å². The van der Waals surface area contributed by atoms with E-state index >= 15 is 0 Å². The molecule has 1 unspecified atom stereocenters. The van der Waals surface area contributed by atoms with E-state index in [1.807, 2.05) is 0 Å². The van der Waals surface area contributed by atoms with Crippen molar-refractivity contribution in [3.63, 3.8) is 0 Å². The van der Waals surface area contributed by atoms with Crippen molar-refractivity contribution in [3.05, 3.63) is 28.7 Å². The van der Waals surface area contributed by atoms with Crippen LogP contribution in [0.15, 0.2) is 28.7 Å². The van der Waals surface area contributed by atoms with E-state index in [-0.39, 0.29) is 10.6 Å². The number of halogens is 3. The Kier molecular flexibility index (Phi) is 3.62. The molecular weight excluding hydrogens is 312 g/mol. The van der Waals surface area contributed by atoms with Crippen molar-refractivity contribution < 1.29 is 13.9 Å². The van der Waals surface area contributed by atoms with Crippen LogP contribution in [0.4, 0.5) is 14.6 Å². The third-order valence-electron chi connectivity index (χ3n) is 2.24. The second-order valence-corrected chi connectivity index (χ2v) is 4.52. The third-order valence-corrected chi connectivity index (χ3v) is 2.67. The number of likely N-dealkylation sites (N-methyl/N-ethyl adjacent to an activating group) is 1. The molecule has 98 valence electrons. The Hall–Kier alpha value is -1.48. The molecule has 0 fully saturated rings. The zero-order valence-electron chi connectivity index (χ0n) is 9.26. The first-order valence-corrected chi connectivity index (χ1v) is 5.72. The highest BCUT2D eigenvalue weighted by atomic mass is 79.9. The zero-order chi connectivity index (χ0) is 13.3. The molecule has 2 heterocycles. The number of hydrogen-bond donors (Lipinski definition) is 2. The fraction of sp³-hybridized carbons (Fsp3) is 0.333. The Morgan fingerprint density at radius 3 is 2.89 bits per heavy atom. The minimum atomic E-state index is -2.79. The second kappa shape index (κ2) is 5.02. The topological polar surface area (TPSA) is 66.2 Å². The minimum Gasteiger partial charge on any atom is -0.368 e. The van der Waals surface area contributed by atoms with E-state index in [4.69, 9.17) is 0 Å². The van der Waals surface area contributed by atoms with E-state index in [0.717, 1.165) is 10.7 Å². The molecule has 2 N–H and O–H groups in total. The molecule has 1 aromatic rings. The van der Waals surface area contributed by atoms with Gasteiger partial charge in [0.05, 0.1) is 11.9 Å². The molecule has 18 heavy (non-hydrogen) atoms. The first-order chi connectivity index (χ1) is 8.47. The van der Waals surface area contributed by atoms with Gasteiger partial charge in [0.2, 0.25) is 0 Å². The minimum absolute atomic E-state index is 0.135. The molecule has 0 radical (unpaired) electrons. The standard InChI is InChI=1S/C9H10BrF2N5O/c1-16-4-5(10)2-6(8(16)18)14-7-3-13-17(15-7)9(11)12/h2-4,8-9,18H,1H3,(H,14,15). The monoisotopic (exact) mass is 321 g/mol. The molecule has 0 bridgehead atoms. The number of nitrogens with zero attached hydrogens (tertiary/aromatic N) is 4. The molecule has 6 nitrogen and oxygen atoms in total. The number of aliphatic hydroxyl groups is 1. The highest BCUT2D eigenvalue weighted by molar-refractivity contribution is 9.11. The summed E-state index contributed by atoms with van der Waals surface area (Å²) in [5, 5.41) is 19.5. The van der Waals surface area contributed by atoms with E-state index in [0.29, 0.717) is 5.70 Å². The summed E-state index contributed by atoms with van der Waals surface area (Å²) in [7, 11) is 1.68. The smallest absolute Gasteiger partial charge is 0.348 e. The van der Waals surface area contributed by atoms with Gasteiger partial charge in [-0.1, -0.05) is 0 Å². The van der Waals surface area contributed by atoms with Crippen LogP contribution < -0.4 is 5.32 Å². The summed E-state index contributed by atoms with van der Waals surface area (Å²) in [5.41, 5.74) is 0.410. The number of nitrogens with one attached hydrogen (secondary N) is 1. The number of alkyl halides is 2. The average molecular weight is 322 g/mol. The Labute approximate surface area is 110 Å². The Morgan fingerprint density at radius 1 is 1.56 bits per heavy atom. The van der Waals surface area contributed by atoms with Crippen molar-refractivity contribution in [2.75, 3.05) is 12.4 Å². The van der Waals surface area contributed by atoms with Crippen molar-refractivity contribution in [1.82, 2.24) is 19.9 Å². The molecule has 0 aromatic carbocycles. The van der Waals surface area contributed by atoms with Crippen molar-refractivity contribution in [2.45, 2.75) is 12.8 Å². The molecule has 0 spiro atoms. The quantitative estimate of drug-likeness (QED) is 0.882. The summed E-state index contributed by atoms with van der Waals surface area (Å²) < 4.78 is 25.3. The van der Waals surface area contributed by atoms with Crippen LogP contribution in [0.5, 0.6) is 0 Å². The lowest BCUT2D eigenvalue weighted by Crippen LogP contribution is -2.34. The van der Waals surface area contributed by atoms with Crippen LogP contribution in [-0.4, -0.2) is 38.3 Å². The number of aromatic nitrogens is 3. The van der Waals surface area contributed by atoms with E-state index in [1.165, 1.54) is 0 Å². The average Bonchev–Trinajstić information content (AvgIpc) is 2.74. The van der Waals surface area contributed by atoms with E-state index in [1.54, 1.807) is 24.2 Å². The molecule has 0 saturated carbocycles. The maximum absolute atomic E-state index is 12.3. The summed E-state index contributed by atoms with van der Waals surface area (Å²) in [6.45, 7) is -2.79. The predicted octanol–water partition coefficient (Wildman–Crippen LogP) is 1.47. The fourth-order valence-electron chi connectivity index (χ4n) is 1.42. The number of anilines is 1. The molecule has 0 saturated heterocycles. The second-order valence-electron chi connectivity index (χ2n) is 3.61. The van der Waals surface area contributed by atoms with Crippen LogP contribution in [-0.2, 0) is 0 Å². The zero-order valence-corrected chi connectivity index (χ0v) is 10.8. The van der Waals surface area contributed by atoms with Crippen LogP contribution >= 0.6 is 15.9 Å². The summed E-state index contributed by atoms with van der Waals surface area (Å²) in [5.74, 6) is 0.135. The van der Waals surface area contributed by atoms with Gasteiger partial charge < -0.3 is 15.3 Å². The maximum Gasteiger partial charge on any atom is 0.348 e. The summed E-state index contributed by atoms with van der Waals surface area (Å²) in [4.78, 5) is 1.83. The van der Waals surface area contributed by atoms with Gasteiger partial charge in [0.1, 0.15) is 0 Å². The van der Waals surface area contributed by atoms with E-state index in [2.05, 4.69) is 31.4 Å². The lowest BCUT2D eigenvalue weighted by atomic mass is 10.2. The molecule has 1 aromatic heterocycles. The van der Waals surface area contributed by atoms with E-state index in [9.17, 15) is 13.9 Å². The summed E-state index contributed by atoms with van der Waals surface area (Å²) >= 11 is 3.27. The number of rotatable bonds is 3. The fourth-order valence-corrected chi connectivity index (χ4v) is 1.99. The molecule has 2 rings (SSSR count). The lowest BCUT2D eigenvalue weighted by Gasteiger charge is -2.28. The first-order valence-electron chi connectivity index (χ1n) is 4.93. The van der Waals surface area contributed by atoms with Gasteiger partial charge in [-0.15, -0.1) is 9.90 Å². The summed E-state index contributed by atoms with van der Waals surface area (Å²) in [6, 6.07) is 0. The molecule has 1 atom stereocenters. The van der Waals surface area contributed by atoms with Crippen LogP contribution in [0.1, 0.15) is 6.55 Å². The van der Waals surface area contributed by atoms with Crippen molar-refractivity contribution >= 4 is 21.7 Å². The van der Waals surface area contributed by atoms with Gasteiger partial charge in [-0.2, -0.15) is 13.9 Å². The van der Waals surface area contributed by atoms with Gasteiger partial charge in [-0.05, 0) is 22.0 Å². The van der Waals surface area contributed by atoms with Crippen LogP contribution in [0.25, 0.3) is 0 Å². The van der Waals surface area contributed by atoms with Crippen LogP contribution in [0.2, 0.25) is 0 Å². The molecular formula is C9H10BrF2N5O. The Balaban J connectivity index is 2.15. The van der Waals surface area contributed by atoms with Crippen LogP contribution in [0.3, 0.4) is 0 Å².